The number of ether oxygens (including phenoxy) is 2. The summed E-state index contributed by atoms with van der Waals surface area (Å²) in [6.45, 7) is 0. The average Bonchev–Trinajstić information content (AvgIpc) is 3.00. The first-order valence-electron chi connectivity index (χ1n) is 6.22. The standard InChI is InChI=1S/C13H16N2O3/c1-17-13(16)8-4-5-14-12(6-8)15-10-7-9-2-3-11(10)18-9/h4-6,9-11H,2-3,7H2,1H3,(H,14,15). The van der Waals surface area contributed by atoms with Gasteiger partial charge in [-0.1, -0.05) is 0 Å². The predicted octanol–water partition coefficient (Wildman–Crippen LogP) is 1.60. The fourth-order valence-electron chi connectivity index (χ4n) is 2.73. The molecule has 3 rings (SSSR count). The minimum atomic E-state index is -0.343. The number of hydrogen-bond donors (Lipinski definition) is 1. The number of carbonyl (C=O) groups excluding carboxylic acids is 1. The number of methoxy groups -OCH3 is 1. The van der Waals surface area contributed by atoms with Crippen molar-refractivity contribution >= 4 is 11.8 Å². The quantitative estimate of drug-likeness (QED) is 0.823. The van der Waals surface area contributed by atoms with Crippen molar-refractivity contribution in [3.63, 3.8) is 0 Å². The third-order valence-corrected chi connectivity index (χ3v) is 3.62. The van der Waals surface area contributed by atoms with Crippen molar-refractivity contribution < 1.29 is 14.3 Å². The second-order valence-corrected chi connectivity index (χ2v) is 4.78. The highest BCUT2D eigenvalue weighted by Crippen LogP contribution is 2.35. The predicted molar refractivity (Wildman–Crippen MR) is 65.5 cm³/mol. The third kappa shape index (κ3) is 2.06. The zero-order valence-corrected chi connectivity index (χ0v) is 10.3. The van der Waals surface area contributed by atoms with Crippen LogP contribution in [0.3, 0.4) is 0 Å². The van der Waals surface area contributed by atoms with Crippen LogP contribution >= 0.6 is 0 Å². The lowest BCUT2D eigenvalue weighted by Crippen LogP contribution is -2.30. The number of nitrogens with one attached hydrogen (secondary N) is 1. The van der Waals surface area contributed by atoms with E-state index in [2.05, 4.69) is 10.3 Å². The van der Waals surface area contributed by atoms with Gasteiger partial charge < -0.3 is 14.8 Å². The summed E-state index contributed by atoms with van der Waals surface area (Å²) in [5.74, 6) is 0.365. The van der Waals surface area contributed by atoms with E-state index in [1.54, 1.807) is 18.3 Å². The van der Waals surface area contributed by atoms with Gasteiger partial charge in [-0.25, -0.2) is 9.78 Å². The van der Waals surface area contributed by atoms with Crippen molar-refractivity contribution in [2.45, 2.75) is 37.5 Å². The van der Waals surface area contributed by atoms with Gasteiger partial charge in [-0.2, -0.15) is 0 Å². The third-order valence-electron chi connectivity index (χ3n) is 3.62. The van der Waals surface area contributed by atoms with Gasteiger partial charge in [0.15, 0.2) is 0 Å². The van der Waals surface area contributed by atoms with Crippen molar-refractivity contribution in [3.05, 3.63) is 23.9 Å². The monoisotopic (exact) mass is 248 g/mol. The number of esters is 1. The number of carbonyl (C=O) groups is 1. The van der Waals surface area contributed by atoms with Gasteiger partial charge in [-0.15, -0.1) is 0 Å². The van der Waals surface area contributed by atoms with Gasteiger partial charge in [0.1, 0.15) is 5.82 Å². The molecular weight excluding hydrogens is 232 g/mol. The molecule has 18 heavy (non-hydrogen) atoms. The van der Waals surface area contributed by atoms with Gasteiger partial charge in [0.25, 0.3) is 0 Å². The average molecular weight is 248 g/mol. The molecule has 3 unspecified atom stereocenters. The van der Waals surface area contributed by atoms with E-state index in [0.29, 0.717) is 29.6 Å². The lowest BCUT2D eigenvalue weighted by atomic mass is 9.95. The zero-order chi connectivity index (χ0) is 12.5. The highest BCUT2D eigenvalue weighted by Gasteiger charge is 2.40. The molecule has 96 valence electrons. The van der Waals surface area contributed by atoms with E-state index >= 15 is 0 Å². The van der Waals surface area contributed by atoms with Crippen molar-refractivity contribution in [1.29, 1.82) is 0 Å². The SMILES string of the molecule is COC(=O)c1ccnc(NC2CC3CCC2O3)c1. The number of pyridine rings is 1. The molecule has 0 aromatic carbocycles. The Morgan fingerprint density at radius 1 is 1.56 bits per heavy atom. The number of anilines is 1. The van der Waals surface area contributed by atoms with Crippen LogP contribution in [0.25, 0.3) is 0 Å². The summed E-state index contributed by atoms with van der Waals surface area (Å²) < 4.78 is 10.5. The lowest BCUT2D eigenvalue weighted by molar-refractivity contribution is 0.0600. The van der Waals surface area contributed by atoms with E-state index in [0.717, 1.165) is 12.8 Å². The largest absolute Gasteiger partial charge is 0.465 e. The molecule has 5 heteroatoms. The van der Waals surface area contributed by atoms with Crippen LogP contribution in [0.4, 0.5) is 5.82 Å². The van der Waals surface area contributed by atoms with Gasteiger partial charge in [0.2, 0.25) is 0 Å². The maximum Gasteiger partial charge on any atom is 0.338 e. The van der Waals surface area contributed by atoms with Gasteiger partial charge in [0.05, 0.1) is 30.9 Å². The summed E-state index contributed by atoms with van der Waals surface area (Å²) in [5, 5.41) is 3.35. The molecule has 3 atom stereocenters. The van der Waals surface area contributed by atoms with Crippen LogP contribution in [0.2, 0.25) is 0 Å². The summed E-state index contributed by atoms with van der Waals surface area (Å²) in [7, 11) is 1.37. The molecule has 0 spiro atoms. The maximum atomic E-state index is 11.4. The molecule has 0 radical (unpaired) electrons. The molecule has 0 saturated carbocycles. The molecule has 1 aromatic rings. The number of hydrogen-bond acceptors (Lipinski definition) is 5. The Morgan fingerprint density at radius 3 is 3.11 bits per heavy atom. The molecule has 5 nitrogen and oxygen atoms in total. The zero-order valence-electron chi connectivity index (χ0n) is 10.3. The molecular formula is C13H16N2O3. The van der Waals surface area contributed by atoms with Crippen LogP contribution in [-0.4, -0.2) is 36.3 Å². The van der Waals surface area contributed by atoms with Crippen molar-refractivity contribution in [2.24, 2.45) is 0 Å². The first kappa shape index (κ1) is 11.5. The molecule has 0 aliphatic carbocycles. The molecule has 2 bridgehead atoms. The Kier molecular flexibility index (Phi) is 2.91. The highest BCUT2D eigenvalue weighted by atomic mass is 16.5. The summed E-state index contributed by atoms with van der Waals surface area (Å²) in [5.41, 5.74) is 0.513. The highest BCUT2D eigenvalue weighted by molar-refractivity contribution is 5.89. The number of rotatable bonds is 3. The number of nitrogens with zero attached hydrogens (tertiary/aromatic N) is 1. The Hall–Kier alpha value is -1.62. The lowest BCUT2D eigenvalue weighted by Gasteiger charge is -2.20. The van der Waals surface area contributed by atoms with E-state index in [9.17, 15) is 4.79 Å². The molecule has 2 aliphatic heterocycles. The normalized spacial score (nSPS) is 29.3. The van der Waals surface area contributed by atoms with E-state index in [4.69, 9.17) is 9.47 Å². The second-order valence-electron chi connectivity index (χ2n) is 4.78. The van der Waals surface area contributed by atoms with Crippen LogP contribution in [-0.2, 0) is 9.47 Å². The molecule has 2 saturated heterocycles. The Morgan fingerprint density at radius 2 is 2.44 bits per heavy atom. The number of fused-ring (bicyclic) bond motifs is 2. The summed E-state index contributed by atoms with van der Waals surface area (Å²) in [4.78, 5) is 15.7. The first-order valence-corrected chi connectivity index (χ1v) is 6.22. The van der Waals surface area contributed by atoms with Gasteiger partial charge in [-0.05, 0) is 31.4 Å². The minimum Gasteiger partial charge on any atom is -0.465 e. The van der Waals surface area contributed by atoms with Crippen molar-refractivity contribution in [1.82, 2.24) is 4.98 Å². The van der Waals surface area contributed by atoms with Gasteiger partial charge >= 0.3 is 5.97 Å². The Labute approximate surface area is 105 Å². The van der Waals surface area contributed by atoms with Crippen LogP contribution < -0.4 is 5.32 Å². The molecule has 1 aromatic heterocycles. The minimum absolute atomic E-state index is 0.290. The fourth-order valence-corrected chi connectivity index (χ4v) is 2.73. The maximum absolute atomic E-state index is 11.4. The molecule has 3 heterocycles. The topological polar surface area (TPSA) is 60.5 Å². The summed E-state index contributed by atoms with van der Waals surface area (Å²) in [6, 6.07) is 3.68. The van der Waals surface area contributed by atoms with Crippen molar-refractivity contribution in [2.75, 3.05) is 12.4 Å². The second kappa shape index (κ2) is 4.57. The van der Waals surface area contributed by atoms with Crippen LogP contribution in [0.1, 0.15) is 29.6 Å². The summed E-state index contributed by atoms with van der Waals surface area (Å²) >= 11 is 0. The van der Waals surface area contributed by atoms with Gasteiger partial charge in [0, 0.05) is 6.20 Å². The molecule has 2 fully saturated rings. The van der Waals surface area contributed by atoms with Crippen LogP contribution in [0.15, 0.2) is 18.3 Å². The Bertz CT molecular complexity index is 463. The van der Waals surface area contributed by atoms with E-state index < -0.39 is 0 Å². The molecule has 0 amide bonds. The summed E-state index contributed by atoms with van der Waals surface area (Å²) in [6.07, 6.45) is 5.60. The number of aromatic nitrogens is 1. The van der Waals surface area contributed by atoms with Gasteiger partial charge in [-0.3, -0.25) is 0 Å². The fraction of sp³-hybridized carbons (Fsp3) is 0.538. The first-order chi connectivity index (χ1) is 8.76. The molecule has 2 aliphatic rings. The van der Waals surface area contributed by atoms with Crippen LogP contribution in [0, 0.1) is 0 Å². The van der Waals surface area contributed by atoms with E-state index in [1.165, 1.54) is 13.5 Å². The van der Waals surface area contributed by atoms with E-state index in [1.807, 2.05) is 0 Å². The molecule has 1 N–H and O–H groups in total. The van der Waals surface area contributed by atoms with Crippen molar-refractivity contribution in [3.8, 4) is 0 Å². The smallest absolute Gasteiger partial charge is 0.338 e. The Balaban J connectivity index is 1.71. The van der Waals surface area contributed by atoms with Crippen LogP contribution in [0.5, 0.6) is 0 Å². The van der Waals surface area contributed by atoms with E-state index in [-0.39, 0.29) is 5.97 Å².